The fourth-order valence-electron chi connectivity index (χ4n) is 3.98. The van der Waals surface area contributed by atoms with E-state index in [0.717, 1.165) is 0 Å². The molecule has 3 aliphatic rings. The minimum atomic E-state index is -1.87. The standard InChI is InChI=1S/C18H32O15/c1-4-7(21)11(25)15(16(28)29-4)33-18-13(27)14(9(23)6(3-20)31-18)32-17-12(26)10(24)8(22)5(2-19)30-17/h4-28H,2-3H2,1H3/t4-,5-,6-,7-,8-,9-,10+,11+,12-,13+,14+,15+,16+,17-,18-/m1/s1. The molecule has 0 radical (unpaired) electrons. The Hall–Kier alpha value is -0.600. The highest BCUT2D eigenvalue weighted by Crippen LogP contribution is 2.32. The first-order valence-electron chi connectivity index (χ1n) is 10.4. The summed E-state index contributed by atoms with van der Waals surface area (Å²) in [6.45, 7) is -0.122. The number of aliphatic hydroxyl groups excluding tert-OH is 10. The van der Waals surface area contributed by atoms with Gasteiger partial charge < -0.3 is 74.7 Å². The molecule has 0 aliphatic carbocycles. The van der Waals surface area contributed by atoms with Gasteiger partial charge in [-0.2, -0.15) is 0 Å². The number of hydrogen-bond acceptors (Lipinski definition) is 15. The maximum atomic E-state index is 10.7. The molecular weight excluding hydrogens is 456 g/mol. The monoisotopic (exact) mass is 488 g/mol. The minimum absolute atomic E-state index is 0.743. The second-order valence-corrected chi connectivity index (χ2v) is 8.32. The maximum absolute atomic E-state index is 10.7. The molecule has 10 N–H and O–H groups in total. The topological polar surface area (TPSA) is 248 Å². The van der Waals surface area contributed by atoms with Gasteiger partial charge in [0.1, 0.15) is 67.1 Å². The van der Waals surface area contributed by atoms with Crippen molar-refractivity contribution >= 4 is 0 Å². The molecular formula is C18H32O15. The molecule has 0 saturated carbocycles. The van der Waals surface area contributed by atoms with Crippen molar-refractivity contribution in [1.82, 2.24) is 0 Å². The number of rotatable bonds is 6. The van der Waals surface area contributed by atoms with Crippen LogP contribution < -0.4 is 0 Å². The Morgan fingerprint density at radius 1 is 0.545 bits per heavy atom. The van der Waals surface area contributed by atoms with Crippen LogP contribution in [0.3, 0.4) is 0 Å². The molecule has 194 valence electrons. The van der Waals surface area contributed by atoms with Crippen LogP contribution in [0.4, 0.5) is 0 Å². The van der Waals surface area contributed by atoms with E-state index in [1.807, 2.05) is 0 Å². The lowest BCUT2D eigenvalue weighted by molar-refractivity contribution is -0.381. The number of aliphatic hydroxyl groups is 10. The summed E-state index contributed by atoms with van der Waals surface area (Å²) < 4.78 is 26.4. The Balaban J connectivity index is 1.76. The van der Waals surface area contributed by atoms with E-state index in [0.29, 0.717) is 0 Å². The summed E-state index contributed by atoms with van der Waals surface area (Å²) in [6.07, 6.45) is -24.1. The van der Waals surface area contributed by atoms with Crippen molar-refractivity contribution in [3.8, 4) is 0 Å². The fourth-order valence-corrected chi connectivity index (χ4v) is 3.98. The molecule has 0 aromatic rings. The molecule has 33 heavy (non-hydrogen) atoms. The van der Waals surface area contributed by atoms with Crippen molar-refractivity contribution in [2.45, 2.75) is 99.0 Å². The van der Waals surface area contributed by atoms with Crippen molar-refractivity contribution in [2.75, 3.05) is 13.2 Å². The molecule has 3 heterocycles. The molecule has 15 heteroatoms. The van der Waals surface area contributed by atoms with Gasteiger partial charge in [-0.1, -0.05) is 0 Å². The smallest absolute Gasteiger partial charge is 0.187 e. The zero-order valence-corrected chi connectivity index (χ0v) is 17.6. The third kappa shape index (κ3) is 5.32. The summed E-state index contributed by atoms with van der Waals surface area (Å²) >= 11 is 0. The third-order valence-electron chi connectivity index (χ3n) is 6.06. The fraction of sp³-hybridized carbons (Fsp3) is 1.00. The van der Waals surface area contributed by atoms with E-state index in [9.17, 15) is 51.1 Å². The van der Waals surface area contributed by atoms with E-state index in [2.05, 4.69) is 0 Å². The second-order valence-electron chi connectivity index (χ2n) is 8.32. The van der Waals surface area contributed by atoms with Crippen LogP contribution in [-0.4, -0.2) is 156 Å². The summed E-state index contributed by atoms with van der Waals surface area (Å²) in [5.41, 5.74) is 0. The average molecular weight is 488 g/mol. The highest BCUT2D eigenvalue weighted by Gasteiger charge is 2.53. The highest BCUT2D eigenvalue weighted by molar-refractivity contribution is 4.95. The Morgan fingerprint density at radius 2 is 1.06 bits per heavy atom. The van der Waals surface area contributed by atoms with Gasteiger partial charge in [0.05, 0.1) is 19.3 Å². The molecule has 3 aliphatic heterocycles. The van der Waals surface area contributed by atoms with E-state index in [-0.39, 0.29) is 0 Å². The molecule has 15 nitrogen and oxygen atoms in total. The zero-order chi connectivity index (χ0) is 24.6. The lowest BCUT2D eigenvalue weighted by Crippen LogP contribution is -2.66. The minimum Gasteiger partial charge on any atom is -0.394 e. The van der Waals surface area contributed by atoms with Gasteiger partial charge in [0.15, 0.2) is 18.9 Å². The first-order chi connectivity index (χ1) is 15.5. The van der Waals surface area contributed by atoms with E-state index in [1.54, 1.807) is 0 Å². The van der Waals surface area contributed by atoms with Gasteiger partial charge in [0.2, 0.25) is 0 Å². The molecule has 3 rings (SSSR count). The molecule has 0 amide bonds. The van der Waals surface area contributed by atoms with Gasteiger partial charge in [-0.25, -0.2) is 0 Å². The molecule has 3 saturated heterocycles. The second kappa shape index (κ2) is 11.0. The summed E-state index contributed by atoms with van der Waals surface area (Å²) in [4.78, 5) is 0. The molecule has 0 aromatic heterocycles. The van der Waals surface area contributed by atoms with Crippen LogP contribution in [0.15, 0.2) is 0 Å². The first kappa shape index (κ1) is 27.0. The predicted molar refractivity (Wildman–Crippen MR) is 99.8 cm³/mol. The lowest BCUT2D eigenvalue weighted by Gasteiger charge is -2.47. The zero-order valence-electron chi connectivity index (χ0n) is 17.6. The Kier molecular flexibility index (Phi) is 8.99. The van der Waals surface area contributed by atoms with Gasteiger partial charge in [0.25, 0.3) is 0 Å². The van der Waals surface area contributed by atoms with Crippen LogP contribution in [0.2, 0.25) is 0 Å². The number of hydrogen-bond donors (Lipinski definition) is 10. The summed E-state index contributed by atoms with van der Waals surface area (Å²) in [5.74, 6) is 0. The summed E-state index contributed by atoms with van der Waals surface area (Å²) in [6, 6.07) is 0. The summed E-state index contributed by atoms with van der Waals surface area (Å²) in [7, 11) is 0. The van der Waals surface area contributed by atoms with Crippen LogP contribution >= 0.6 is 0 Å². The van der Waals surface area contributed by atoms with E-state index >= 15 is 0 Å². The predicted octanol–water partition coefficient (Wildman–Crippen LogP) is -6.55. The van der Waals surface area contributed by atoms with Crippen LogP contribution in [0.1, 0.15) is 6.92 Å². The van der Waals surface area contributed by atoms with Gasteiger partial charge in [-0.05, 0) is 6.92 Å². The average Bonchev–Trinajstić information content (AvgIpc) is 2.79. The third-order valence-corrected chi connectivity index (χ3v) is 6.06. The van der Waals surface area contributed by atoms with Gasteiger partial charge in [0, 0.05) is 0 Å². The van der Waals surface area contributed by atoms with E-state index in [4.69, 9.17) is 23.7 Å². The molecule has 15 atom stereocenters. The van der Waals surface area contributed by atoms with Gasteiger partial charge in [-0.15, -0.1) is 0 Å². The Bertz CT molecular complexity index is 624. The largest absolute Gasteiger partial charge is 0.394 e. The van der Waals surface area contributed by atoms with Crippen molar-refractivity contribution in [3.63, 3.8) is 0 Å². The van der Waals surface area contributed by atoms with E-state index < -0.39 is 105 Å². The van der Waals surface area contributed by atoms with Crippen molar-refractivity contribution in [2.24, 2.45) is 0 Å². The van der Waals surface area contributed by atoms with Crippen molar-refractivity contribution in [3.05, 3.63) is 0 Å². The highest BCUT2D eigenvalue weighted by atomic mass is 16.8. The molecule has 0 spiro atoms. The summed E-state index contributed by atoms with van der Waals surface area (Å²) in [5, 5.41) is 100. The SMILES string of the molecule is C[C@H]1O[C@H](O)[C@@H](O[C@H]2O[C@H](CO)[C@@H](O)[C@H](O[C@H]3O[C@H](CO)[C@@H](O)[C@H](O)[C@H]3O)[C@@H]2O)[C@@H](O)[C@@H]1O. The molecule has 0 bridgehead atoms. The van der Waals surface area contributed by atoms with Crippen LogP contribution in [0, 0.1) is 0 Å². The first-order valence-corrected chi connectivity index (χ1v) is 10.4. The normalized spacial score (nSPS) is 53.7. The lowest BCUT2D eigenvalue weighted by atomic mass is 9.96. The maximum Gasteiger partial charge on any atom is 0.187 e. The quantitative estimate of drug-likeness (QED) is 0.167. The van der Waals surface area contributed by atoms with E-state index in [1.165, 1.54) is 6.92 Å². The molecule has 0 unspecified atom stereocenters. The van der Waals surface area contributed by atoms with Gasteiger partial charge >= 0.3 is 0 Å². The van der Waals surface area contributed by atoms with Crippen LogP contribution in [-0.2, 0) is 23.7 Å². The molecule has 3 fully saturated rings. The van der Waals surface area contributed by atoms with Crippen molar-refractivity contribution < 1.29 is 74.7 Å². The van der Waals surface area contributed by atoms with Crippen LogP contribution in [0.5, 0.6) is 0 Å². The van der Waals surface area contributed by atoms with Crippen LogP contribution in [0.25, 0.3) is 0 Å². The molecule has 0 aromatic carbocycles. The van der Waals surface area contributed by atoms with Crippen molar-refractivity contribution in [1.29, 1.82) is 0 Å². The number of ether oxygens (including phenoxy) is 5. The Labute approximate surface area is 187 Å². The Morgan fingerprint density at radius 3 is 1.64 bits per heavy atom. The van der Waals surface area contributed by atoms with Gasteiger partial charge in [-0.3, -0.25) is 0 Å².